The number of rotatable bonds is 2. The first kappa shape index (κ1) is 8.97. The van der Waals surface area contributed by atoms with E-state index in [9.17, 15) is 5.11 Å². The lowest BCUT2D eigenvalue weighted by atomic mass is 10.1. The lowest BCUT2D eigenvalue weighted by Gasteiger charge is -2.34. The van der Waals surface area contributed by atoms with E-state index >= 15 is 0 Å². The van der Waals surface area contributed by atoms with Crippen molar-refractivity contribution in [2.45, 2.75) is 26.0 Å². The van der Waals surface area contributed by atoms with Crippen LogP contribution in [0.4, 0.5) is 0 Å². The van der Waals surface area contributed by atoms with E-state index in [1.807, 2.05) is 6.92 Å². The third-order valence-electron chi connectivity index (χ3n) is 2.43. The first-order chi connectivity index (χ1) is 5.22. The molecule has 0 spiro atoms. The molecule has 1 heterocycles. The highest BCUT2D eigenvalue weighted by Crippen LogP contribution is 2.04. The Labute approximate surface area is 68.4 Å². The van der Waals surface area contributed by atoms with Crippen molar-refractivity contribution < 1.29 is 5.11 Å². The normalized spacial score (nSPS) is 26.5. The molecule has 0 aromatic carbocycles. The molecule has 2 atom stereocenters. The van der Waals surface area contributed by atoms with Crippen molar-refractivity contribution in [3.05, 3.63) is 0 Å². The van der Waals surface area contributed by atoms with E-state index < -0.39 is 0 Å². The molecule has 0 aromatic rings. The van der Waals surface area contributed by atoms with Gasteiger partial charge in [0.25, 0.3) is 0 Å². The molecule has 2 N–H and O–H groups in total. The van der Waals surface area contributed by atoms with E-state index in [0.717, 1.165) is 26.2 Å². The second-order valence-corrected chi connectivity index (χ2v) is 3.27. The summed E-state index contributed by atoms with van der Waals surface area (Å²) in [5.41, 5.74) is 0. The van der Waals surface area contributed by atoms with E-state index in [2.05, 4.69) is 17.1 Å². The van der Waals surface area contributed by atoms with Crippen molar-refractivity contribution in [3.8, 4) is 0 Å². The molecule has 0 aromatic heterocycles. The monoisotopic (exact) mass is 158 g/mol. The zero-order valence-electron chi connectivity index (χ0n) is 7.38. The molecule has 0 amide bonds. The number of piperazine rings is 1. The first-order valence-corrected chi connectivity index (χ1v) is 4.34. The zero-order chi connectivity index (χ0) is 8.27. The average Bonchev–Trinajstić information content (AvgIpc) is 2.05. The minimum atomic E-state index is -0.215. The molecule has 11 heavy (non-hydrogen) atoms. The highest BCUT2D eigenvalue weighted by atomic mass is 16.3. The minimum absolute atomic E-state index is 0.215. The molecule has 1 aliphatic rings. The molecule has 0 radical (unpaired) electrons. The van der Waals surface area contributed by atoms with Gasteiger partial charge in [-0.1, -0.05) is 0 Å². The van der Waals surface area contributed by atoms with Crippen molar-refractivity contribution in [2.24, 2.45) is 0 Å². The van der Waals surface area contributed by atoms with Crippen LogP contribution in [0, 0.1) is 0 Å². The first-order valence-electron chi connectivity index (χ1n) is 4.34. The van der Waals surface area contributed by atoms with E-state index in [0.29, 0.717) is 6.04 Å². The van der Waals surface area contributed by atoms with Crippen LogP contribution in [0.5, 0.6) is 0 Å². The van der Waals surface area contributed by atoms with Gasteiger partial charge in [0.1, 0.15) is 0 Å². The molecule has 0 unspecified atom stereocenters. The molecule has 1 saturated heterocycles. The molecular formula is C8H18N2O. The Morgan fingerprint density at radius 2 is 1.82 bits per heavy atom. The quantitative estimate of drug-likeness (QED) is 0.577. The summed E-state index contributed by atoms with van der Waals surface area (Å²) in [6.45, 7) is 8.16. The number of hydrogen-bond donors (Lipinski definition) is 2. The summed E-state index contributed by atoms with van der Waals surface area (Å²) in [6.07, 6.45) is -0.215. The summed E-state index contributed by atoms with van der Waals surface area (Å²) in [7, 11) is 0. The van der Waals surface area contributed by atoms with Gasteiger partial charge in [-0.05, 0) is 13.8 Å². The molecule has 1 fully saturated rings. The Morgan fingerprint density at radius 1 is 1.27 bits per heavy atom. The molecule has 66 valence electrons. The molecule has 3 heteroatoms. The Balaban J connectivity index is 2.32. The fraction of sp³-hybridized carbons (Fsp3) is 1.00. The van der Waals surface area contributed by atoms with Crippen LogP contribution >= 0.6 is 0 Å². The van der Waals surface area contributed by atoms with E-state index in [4.69, 9.17) is 0 Å². The second-order valence-electron chi connectivity index (χ2n) is 3.27. The van der Waals surface area contributed by atoms with Crippen LogP contribution in [0.25, 0.3) is 0 Å². The summed E-state index contributed by atoms with van der Waals surface area (Å²) < 4.78 is 0. The van der Waals surface area contributed by atoms with Gasteiger partial charge < -0.3 is 10.4 Å². The van der Waals surface area contributed by atoms with Crippen LogP contribution in [0.1, 0.15) is 13.8 Å². The van der Waals surface area contributed by atoms with Crippen LogP contribution in [0.2, 0.25) is 0 Å². The van der Waals surface area contributed by atoms with Crippen molar-refractivity contribution in [3.63, 3.8) is 0 Å². The number of nitrogens with one attached hydrogen (secondary N) is 1. The van der Waals surface area contributed by atoms with Crippen LogP contribution < -0.4 is 5.32 Å². The van der Waals surface area contributed by atoms with Crippen LogP contribution in [0.3, 0.4) is 0 Å². The molecule has 1 rings (SSSR count). The van der Waals surface area contributed by atoms with Gasteiger partial charge in [-0.25, -0.2) is 0 Å². The van der Waals surface area contributed by atoms with Gasteiger partial charge >= 0.3 is 0 Å². The summed E-state index contributed by atoms with van der Waals surface area (Å²) >= 11 is 0. The summed E-state index contributed by atoms with van der Waals surface area (Å²) in [5, 5.41) is 12.6. The number of hydrogen-bond acceptors (Lipinski definition) is 3. The number of aliphatic hydroxyl groups excluding tert-OH is 1. The third kappa shape index (κ3) is 2.43. The summed E-state index contributed by atoms with van der Waals surface area (Å²) in [6, 6.07) is 0.303. The van der Waals surface area contributed by atoms with Crippen molar-refractivity contribution in [1.29, 1.82) is 0 Å². The third-order valence-corrected chi connectivity index (χ3v) is 2.43. The SMILES string of the molecule is C[C@H](O)[C@@H](C)N1CCNCC1. The van der Waals surface area contributed by atoms with Crippen LogP contribution in [-0.2, 0) is 0 Å². The predicted molar refractivity (Wildman–Crippen MR) is 45.6 cm³/mol. The smallest absolute Gasteiger partial charge is 0.0664 e. The lowest BCUT2D eigenvalue weighted by molar-refractivity contribution is 0.0633. The highest BCUT2D eigenvalue weighted by Gasteiger charge is 2.19. The maximum atomic E-state index is 9.31. The van der Waals surface area contributed by atoms with Crippen LogP contribution in [-0.4, -0.2) is 48.3 Å². The standard InChI is InChI=1S/C8H18N2O/c1-7(8(2)11)10-5-3-9-4-6-10/h7-9,11H,3-6H2,1-2H3/t7-,8+/m1/s1. The lowest BCUT2D eigenvalue weighted by Crippen LogP contribution is -2.50. The fourth-order valence-corrected chi connectivity index (χ4v) is 1.39. The fourth-order valence-electron chi connectivity index (χ4n) is 1.39. The maximum Gasteiger partial charge on any atom is 0.0664 e. The molecule has 0 saturated carbocycles. The van der Waals surface area contributed by atoms with Crippen molar-refractivity contribution >= 4 is 0 Å². The van der Waals surface area contributed by atoms with Crippen LogP contribution in [0.15, 0.2) is 0 Å². The Kier molecular flexibility index (Phi) is 3.30. The Morgan fingerprint density at radius 3 is 2.27 bits per heavy atom. The highest BCUT2D eigenvalue weighted by molar-refractivity contribution is 4.76. The van der Waals surface area contributed by atoms with E-state index in [1.54, 1.807) is 0 Å². The van der Waals surface area contributed by atoms with Crippen molar-refractivity contribution in [1.82, 2.24) is 10.2 Å². The van der Waals surface area contributed by atoms with Gasteiger partial charge in [0.2, 0.25) is 0 Å². The molecule has 1 aliphatic heterocycles. The average molecular weight is 158 g/mol. The number of aliphatic hydroxyl groups is 1. The van der Waals surface area contributed by atoms with E-state index in [-0.39, 0.29) is 6.10 Å². The second kappa shape index (κ2) is 4.04. The van der Waals surface area contributed by atoms with E-state index in [1.165, 1.54) is 0 Å². The topological polar surface area (TPSA) is 35.5 Å². The largest absolute Gasteiger partial charge is 0.392 e. The minimum Gasteiger partial charge on any atom is -0.392 e. The molecule has 3 nitrogen and oxygen atoms in total. The van der Waals surface area contributed by atoms with Gasteiger partial charge in [0.15, 0.2) is 0 Å². The summed E-state index contributed by atoms with van der Waals surface area (Å²) in [5.74, 6) is 0. The van der Waals surface area contributed by atoms with Gasteiger partial charge in [0.05, 0.1) is 6.10 Å². The van der Waals surface area contributed by atoms with Gasteiger partial charge in [-0.2, -0.15) is 0 Å². The summed E-state index contributed by atoms with van der Waals surface area (Å²) in [4.78, 5) is 2.32. The van der Waals surface area contributed by atoms with Gasteiger partial charge in [0, 0.05) is 32.2 Å². The Hall–Kier alpha value is -0.120. The zero-order valence-corrected chi connectivity index (χ0v) is 7.38. The van der Waals surface area contributed by atoms with Gasteiger partial charge in [-0.3, -0.25) is 4.90 Å². The number of nitrogens with zero attached hydrogens (tertiary/aromatic N) is 1. The molecular weight excluding hydrogens is 140 g/mol. The maximum absolute atomic E-state index is 9.31. The van der Waals surface area contributed by atoms with Crippen molar-refractivity contribution in [2.75, 3.05) is 26.2 Å². The molecule has 0 aliphatic carbocycles. The predicted octanol–water partition coefficient (Wildman–Crippen LogP) is -0.339. The van der Waals surface area contributed by atoms with Gasteiger partial charge in [-0.15, -0.1) is 0 Å². The Bertz CT molecular complexity index is 111. The molecule has 0 bridgehead atoms.